The van der Waals surface area contributed by atoms with Crippen LogP contribution in [0.15, 0.2) is 52.8 Å². The summed E-state index contributed by atoms with van der Waals surface area (Å²) in [6, 6.07) is 5.56. The van der Waals surface area contributed by atoms with Crippen molar-refractivity contribution in [1.82, 2.24) is 25.2 Å². The molecule has 3 N–H and O–H groups in total. The summed E-state index contributed by atoms with van der Waals surface area (Å²) in [5.41, 5.74) is 0.0485. The zero-order valence-corrected chi connectivity index (χ0v) is 26.0. The summed E-state index contributed by atoms with van der Waals surface area (Å²) >= 11 is 0.663. The van der Waals surface area contributed by atoms with Crippen LogP contribution >= 0.6 is 11.9 Å². The quantitative estimate of drug-likeness (QED) is 0.246. The van der Waals surface area contributed by atoms with Crippen molar-refractivity contribution in [2.45, 2.75) is 63.2 Å². The van der Waals surface area contributed by atoms with Gasteiger partial charge in [-0.05, 0) is 50.9 Å². The number of halogens is 3. The number of hydrogen-bond donors (Lipinski definition) is 3. The normalized spacial score (nSPS) is 17.2. The first-order valence-electron chi connectivity index (χ1n) is 14.3. The first-order valence-corrected chi connectivity index (χ1v) is 15.2. The average molecular weight is 652 g/mol. The van der Waals surface area contributed by atoms with Gasteiger partial charge >= 0.3 is 6.09 Å². The number of alkyl halides is 2. The smallest absolute Gasteiger partial charge is 0.410 e. The van der Waals surface area contributed by atoms with Crippen molar-refractivity contribution in [2.24, 2.45) is 0 Å². The van der Waals surface area contributed by atoms with Gasteiger partial charge in [0.1, 0.15) is 35.5 Å². The molecule has 0 bridgehead atoms. The highest BCUT2D eigenvalue weighted by molar-refractivity contribution is 7.98. The third-order valence-corrected chi connectivity index (χ3v) is 7.57. The lowest BCUT2D eigenvalue weighted by atomic mass is 10.1. The molecular formula is C30H36F3N5O6S. The molecule has 1 aromatic heterocycles. The van der Waals surface area contributed by atoms with Crippen molar-refractivity contribution in [1.29, 1.82) is 0 Å². The molecule has 2 aromatic rings. The maximum atomic E-state index is 14.2. The molecule has 2 aliphatic rings. The lowest BCUT2D eigenvalue weighted by molar-refractivity contribution is -0.123. The van der Waals surface area contributed by atoms with Gasteiger partial charge in [-0.25, -0.2) is 18.0 Å². The summed E-state index contributed by atoms with van der Waals surface area (Å²) in [5.74, 6) is -1.73. The summed E-state index contributed by atoms with van der Waals surface area (Å²) in [4.78, 5) is 44.1. The number of carbonyl (C=O) groups excluding carboxylic acids is 3. The van der Waals surface area contributed by atoms with Gasteiger partial charge < -0.3 is 29.7 Å². The molecule has 0 aliphatic carbocycles. The fourth-order valence-electron chi connectivity index (χ4n) is 4.59. The van der Waals surface area contributed by atoms with Crippen LogP contribution in [0.25, 0.3) is 0 Å². The number of carbonyl (C=O) groups is 3. The van der Waals surface area contributed by atoms with E-state index in [1.54, 1.807) is 37.9 Å². The molecule has 0 saturated carbocycles. The van der Waals surface area contributed by atoms with E-state index < -0.39 is 48.3 Å². The predicted molar refractivity (Wildman–Crippen MR) is 159 cm³/mol. The van der Waals surface area contributed by atoms with Gasteiger partial charge in [-0.15, -0.1) is 0 Å². The average Bonchev–Trinajstić information content (AvgIpc) is 2.98. The maximum Gasteiger partial charge on any atom is 0.410 e. The Balaban J connectivity index is 1.39. The molecule has 2 aliphatic heterocycles. The molecule has 45 heavy (non-hydrogen) atoms. The largest absolute Gasteiger partial charge is 0.489 e. The summed E-state index contributed by atoms with van der Waals surface area (Å²) < 4.78 is 59.9. The molecule has 0 spiro atoms. The van der Waals surface area contributed by atoms with Crippen molar-refractivity contribution in [2.75, 3.05) is 32.8 Å². The minimum absolute atomic E-state index is 0.115. The molecular weight excluding hydrogens is 615 g/mol. The number of morpholine rings is 1. The summed E-state index contributed by atoms with van der Waals surface area (Å²) in [6.07, 6.45) is -0.969. The van der Waals surface area contributed by atoms with Crippen LogP contribution in [0.2, 0.25) is 0 Å². The highest BCUT2D eigenvalue weighted by atomic mass is 32.2. The number of ether oxygens (including phenoxy) is 3. The third-order valence-electron chi connectivity index (χ3n) is 6.68. The predicted octanol–water partition coefficient (Wildman–Crippen LogP) is 3.73. The second-order valence-corrected chi connectivity index (χ2v) is 12.1. The Labute approximate surface area is 263 Å². The molecule has 3 amide bonds. The van der Waals surface area contributed by atoms with Crippen molar-refractivity contribution in [3.8, 4) is 5.75 Å². The molecule has 4 rings (SSSR count). The zero-order chi connectivity index (χ0) is 32.6. The molecule has 0 unspecified atom stereocenters. The first kappa shape index (κ1) is 33.9. The van der Waals surface area contributed by atoms with Gasteiger partial charge in [0, 0.05) is 60.4 Å². The van der Waals surface area contributed by atoms with E-state index in [1.807, 2.05) is 0 Å². The van der Waals surface area contributed by atoms with Crippen LogP contribution in [0.1, 0.15) is 38.3 Å². The van der Waals surface area contributed by atoms with Crippen molar-refractivity contribution in [3.05, 3.63) is 64.9 Å². The van der Waals surface area contributed by atoms with Gasteiger partial charge in [-0.2, -0.15) is 0 Å². The molecule has 1 aromatic carbocycles. The third kappa shape index (κ3) is 9.75. The molecule has 0 radical (unpaired) electrons. The number of pyridine rings is 1. The molecule has 244 valence electrons. The number of aromatic nitrogens is 1. The summed E-state index contributed by atoms with van der Waals surface area (Å²) in [5, 5.41) is 5.77. The molecule has 15 heteroatoms. The Morgan fingerprint density at radius 2 is 2.07 bits per heavy atom. The van der Waals surface area contributed by atoms with Crippen molar-refractivity contribution >= 4 is 29.9 Å². The highest BCUT2D eigenvalue weighted by Crippen LogP contribution is 2.26. The van der Waals surface area contributed by atoms with Crippen LogP contribution in [0.5, 0.6) is 5.75 Å². The number of benzene rings is 1. The van der Waals surface area contributed by atoms with Crippen LogP contribution in [0.3, 0.4) is 0 Å². The van der Waals surface area contributed by atoms with E-state index in [4.69, 9.17) is 14.2 Å². The molecule has 11 nitrogen and oxygen atoms in total. The number of nitrogens with one attached hydrogen (secondary N) is 3. The van der Waals surface area contributed by atoms with Crippen molar-refractivity contribution < 1.29 is 41.8 Å². The van der Waals surface area contributed by atoms with Gasteiger partial charge in [-0.3, -0.25) is 19.3 Å². The van der Waals surface area contributed by atoms with E-state index in [1.165, 1.54) is 18.3 Å². The summed E-state index contributed by atoms with van der Waals surface area (Å²) in [7, 11) is 0. The molecule has 1 atom stereocenters. The van der Waals surface area contributed by atoms with Gasteiger partial charge in [0.05, 0.1) is 19.3 Å². The molecule has 1 fully saturated rings. The van der Waals surface area contributed by atoms with Crippen LogP contribution in [0.4, 0.5) is 18.0 Å². The Morgan fingerprint density at radius 1 is 1.27 bits per heavy atom. The number of hydrogen-bond acceptors (Lipinski definition) is 9. The Kier molecular flexibility index (Phi) is 11.6. The van der Waals surface area contributed by atoms with E-state index >= 15 is 0 Å². The first-order chi connectivity index (χ1) is 21.4. The Bertz CT molecular complexity index is 1420. The van der Waals surface area contributed by atoms with Crippen LogP contribution in [-0.2, 0) is 32.0 Å². The lowest BCUT2D eigenvalue weighted by Gasteiger charge is -2.34. The number of amides is 3. The van der Waals surface area contributed by atoms with Gasteiger partial charge in [0.25, 0.3) is 11.8 Å². The maximum absolute atomic E-state index is 14.2. The topological polar surface area (TPSA) is 131 Å². The number of nitrogens with zero attached hydrogens (tertiary/aromatic N) is 2. The zero-order valence-electron chi connectivity index (χ0n) is 25.2. The standard InChI is InChI=1S/C30H36F3N5O6S/c1-30(2,3)44-29(41)38-11-12-42-19(16-38)17-43-23-15-34-9-7-18(23)14-36-22-8-10-35-27(39)26(22)28(40)37-45-24-6-4-5-21(31)20(24)13-25(32)33/h4-7,9,15,19,25,36H,8,10-14,16-17H2,1-3H3,(H,35,39)(H,37,40)/t19-/m0/s1. The van der Waals surface area contributed by atoms with E-state index in [0.717, 1.165) is 6.07 Å². The summed E-state index contributed by atoms with van der Waals surface area (Å²) in [6.45, 7) is 7.05. The van der Waals surface area contributed by atoms with E-state index in [9.17, 15) is 27.6 Å². The fraction of sp³-hybridized carbons (Fsp3) is 0.467. The second kappa shape index (κ2) is 15.3. The lowest BCUT2D eigenvalue weighted by Crippen LogP contribution is -2.49. The second-order valence-electron chi connectivity index (χ2n) is 11.3. The fourth-order valence-corrected chi connectivity index (χ4v) is 5.34. The monoisotopic (exact) mass is 651 g/mol. The minimum Gasteiger partial charge on any atom is -0.489 e. The Hall–Kier alpha value is -3.98. The van der Waals surface area contributed by atoms with Crippen LogP contribution < -0.4 is 20.1 Å². The molecule has 1 saturated heterocycles. The van der Waals surface area contributed by atoms with Crippen LogP contribution in [0, 0.1) is 5.82 Å². The van der Waals surface area contributed by atoms with E-state index in [-0.39, 0.29) is 29.2 Å². The van der Waals surface area contributed by atoms with Gasteiger partial charge in [0.2, 0.25) is 6.43 Å². The van der Waals surface area contributed by atoms with Crippen molar-refractivity contribution in [3.63, 3.8) is 0 Å². The Morgan fingerprint density at radius 3 is 2.82 bits per heavy atom. The minimum atomic E-state index is -2.77. The van der Waals surface area contributed by atoms with Gasteiger partial charge in [-0.1, -0.05) is 6.07 Å². The van der Waals surface area contributed by atoms with Crippen LogP contribution in [-0.4, -0.2) is 78.8 Å². The highest BCUT2D eigenvalue weighted by Gasteiger charge is 2.30. The molecule has 3 heterocycles. The van der Waals surface area contributed by atoms with Gasteiger partial charge in [0.15, 0.2) is 0 Å². The number of rotatable bonds is 11. The van der Waals surface area contributed by atoms with E-state index in [2.05, 4.69) is 20.3 Å². The SMILES string of the molecule is CC(C)(C)OC(=O)N1CCO[C@H](COc2cnccc2CNC2=C(C(=O)NSc3cccc(F)c3CC(F)F)C(=O)NCC2)C1. The van der Waals surface area contributed by atoms with E-state index in [0.29, 0.717) is 61.6 Å².